The van der Waals surface area contributed by atoms with Crippen molar-refractivity contribution in [2.24, 2.45) is 0 Å². The van der Waals surface area contributed by atoms with Gasteiger partial charge in [-0.05, 0) is 61.9 Å². The Labute approximate surface area is 207 Å². The quantitative estimate of drug-likeness (QED) is 0.541. The third-order valence-corrected chi connectivity index (χ3v) is 6.80. The lowest BCUT2D eigenvalue weighted by Crippen LogP contribution is -2.44. The Morgan fingerprint density at radius 3 is 2.34 bits per heavy atom. The molecular formula is C28H33N5O2. The number of nitrogens with zero attached hydrogens (tertiary/aromatic N) is 4. The van der Waals surface area contributed by atoms with Crippen LogP contribution < -0.4 is 15.0 Å². The number of carbonyl (C=O) groups is 1. The maximum absolute atomic E-state index is 12.8. The second-order valence-corrected chi connectivity index (χ2v) is 9.37. The summed E-state index contributed by atoms with van der Waals surface area (Å²) < 4.78 is 6.06. The van der Waals surface area contributed by atoms with Gasteiger partial charge in [0, 0.05) is 56.7 Å². The first kappa shape index (κ1) is 23.3. The zero-order valence-electron chi connectivity index (χ0n) is 20.1. The highest BCUT2D eigenvalue weighted by Crippen LogP contribution is 2.30. The Morgan fingerprint density at radius 1 is 0.886 bits per heavy atom. The average molecular weight is 472 g/mol. The first-order valence-electron chi connectivity index (χ1n) is 12.7. The standard InChI is InChI=1S/C28H33N5O2/c34-27(31-24-13-19-32(20-14-24)21-22-7-3-1-4-8-22)23-9-11-25(12-10-23)35-28-26(29-15-16-30-28)33-17-5-2-6-18-33/h1,3-4,7-12,15-16,24H,2,5-6,13-14,17-21H2,(H,31,34). The van der Waals surface area contributed by atoms with Crippen LogP contribution in [0.4, 0.5) is 5.82 Å². The lowest BCUT2D eigenvalue weighted by atomic mass is 10.0. The van der Waals surface area contributed by atoms with E-state index in [-0.39, 0.29) is 11.9 Å². The molecule has 7 nitrogen and oxygen atoms in total. The van der Waals surface area contributed by atoms with Crippen LogP contribution in [0.15, 0.2) is 67.0 Å². The summed E-state index contributed by atoms with van der Waals surface area (Å²) in [7, 11) is 0. The topological polar surface area (TPSA) is 70.6 Å². The Bertz CT molecular complexity index is 1090. The summed E-state index contributed by atoms with van der Waals surface area (Å²) in [6.45, 7) is 4.89. The first-order valence-corrected chi connectivity index (χ1v) is 12.7. The van der Waals surface area contributed by atoms with Gasteiger partial charge in [-0.1, -0.05) is 30.3 Å². The van der Waals surface area contributed by atoms with Crippen LogP contribution in [0.25, 0.3) is 0 Å². The number of amides is 1. The minimum Gasteiger partial charge on any atom is -0.436 e. The predicted molar refractivity (Wildman–Crippen MR) is 137 cm³/mol. The molecule has 2 aliphatic rings. The van der Waals surface area contributed by atoms with Gasteiger partial charge in [0.15, 0.2) is 5.82 Å². The third kappa shape index (κ3) is 6.17. The van der Waals surface area contributed by atoms with Crippen molar-refractivity contribution in [3.63, 3.8) is 0 Å². The van der Waals surface area contributed by atoms with Crippen LogP contribution in [0.1, 0.15) is 48.0 Å². The molecule has 1 N–H and O–H groups in total. The fourth-order valence-electron chi connectivity index (χ4n) is 4.84. The molecule has 7 heteroatoms. The van der Waals surface area contributed by atoms with Gasteiger partial charge in [0.2, 0.25) is 0 Å². The van der Waals surface area contributed by atoms with E-state index in [1.54, 1.807) is 12.4 Å². The molecule has 35 heavy (non-hydrogen) atoms. The second kappa shape index (κ2) is 11.3. The Morgan fingerprint density at radius 2 is 1.60 bits per heavy atom. The molecule has 182 valence electrons. The van der Waals surface area contributed by atoms with E-state index >= 15 is 0 Å². The fourth-order valence-corrected chi connectivity index (χ4v) is 4.84. The van der Waals surface area contributed by atoms with E-state index in [0.29, 0.717) is 17.2 Å². The molecular weight excluding hydrogens is 438 g/mol. The molecule has 0 aliphatic carbocycles. The van der Waals surface area contributed by atoms with Crippen molar-refractivity contribution < 1.29 is 9.53 Å². The fraction of sp³-hybridized carbons (Fsp3) is 0.393. The summed E-state index contributed by atoms with van der Waals surface area (Å²) in [5, 5.41) is 3.21. The van der Waals surface area contributed by atoms with E-state index in [1.165, 1.54) is 12.0 Å². The maximum atomic E-state index is 12.8. The number of hydrogen-bond donors (Lipinski definition) is 1. The normalized spacial score (nSPS) is 17.2. The van der Waals surface area contributed by atoms with Crippen LogP contribution in [0.5, 0.6) is 11.6 Å². The minimum absolute atomic E-state index is 0.0356. The number of nitrogens with one attached hydrogen (secondary N) is 1. The van der Waals surface area contributed by atoms with Crippen LogP contribution in [0, 0.1) is 0 Å². The third-order valence-electron chi connectivity index (χ3n) is 6.80. The van der Waals surface area contributed by atoms with Crippen LogP contribution in [-0.4, -0.2) is 53.0 Å². The second-order valence-electron chi connectivity index (χ2n) is 9.37. The summed E-state index contributed by atoms with van der Waals surface area (Å²) >= 11 is 0. The molecule has 5 rings (SSSR count). The average Bonchev–Trinajstić information content (AvgIpc) is 2.92. The van der Waals surface area contributed by atoms with Crippen LogP contribution >= 0.6 is 0 Å². The number of anilines is 1. The van der Waals surface area contributed by atoms with E-state index < -0.39 is 0 Å². The molecule has 0 bridgehead atoms. The van der Waals surface area contributed by atoms with Crippen molar-refractivity contribution in [2.75, 3.05) is 31.1 Å². The summed E-state index contributed by atoms with van der Waals surface area (Å²) in [6.07, 6.45) is 8.85. The van der Waals surface area contributed by atoms with E-state index in [4.69, 9.17) is 4.74 Å². The van der Waals surface area contributed by atoms with Gasteiger partial charge in [-0.2, -0.15) is 0 Å². The lowest BCUT2D eigenvalue weighted by molar-refractivity contribution is 0.0909. The number of hydrogen-bond acceptors (Lipinski definition) is 6. The van der Waals surface area contributed by atoms with Crippen molar-refractivity contribution in [2.45, 2.75) is 44.7 Å². The lowest BCUT2D eigenvalue weighted by Gasteiger charge is -2.32. The molecule has 2 saturated heterocycles. The SMILES string of the molecule is O=C(NC1CCN(Cc2ccccc2)CC1)c1ccc(Oc2nccnc2N2CCCCC2)cc1. The Hall–Kier alpha value is -3.45. The van der Waals surface area contributed by atoms with Crippen LogP contribution in [-0.2, 0) is 6.54 Å². The van der Waals surface area contributed by atoms with Gasteiger partial charge in [-0.25, -0.2) is 9.97 Å². The van der Waals surface area contributed by atoms with Gasteiger partial charge in [0.1, 0.15) is 5.75 Å². The Kier molecular flexibility index (Phi) is 7.53. The first-order chi connectivity index (χ1) is 17.2. The highest BCUT2D eigenvalue weighted by molar-refractivity contribution is 5.94. The molecule has 3 heterocycles. The van der Waals surface area contributed by atoms with Gasteiger partial charge in [0.05, 0.1) is 0 Å². The van der Waals surface area contributed by atoms with Crippen LogP contribution in [0.3, 0.4) is 0 Å². The van der Waals surface area contributed by atoms with E-state index in [9.17, 15) is 4.79 Å². The largest absolute Gasteiger partial charge is 0.436 e. The van der Waals surface area contributed by atoms with Gasteiger partial charge in [-0.3, -0.25) is 9.69 Å². The smallest absolute Gasteiger partial charge is 0.263 e. The van der Waals surface area contributed by atoms with Crippen molar-refractivity contribution in [3.05, 3.63) is 78.1 Å². The molecule has 0 atom stereocenters. The zero-order valence-corrected chi connectivity index (χ0v) is 20.1. The molecule has 0 spiro atoms. The van der Waals surface area contributed by atoms with E-state index in [2.05, 4.69) is 49.4 Å². The van der Waals surface area contributed by atoms with Gasteiger partial charge >= 0.3 is 0 Å². The molecule has 2 aliphatic heterocycles. The number of ether oxygens (including phenoxy) is 1. The van der Waals surface area contributed by atoms with Gasteiger partial charge < -0.3 is 15.0 Å². The highest BCUT2D eigenvalue weighted by Gasteiger charge is 2.22. The minimum atomic E-state index is -0.0356. The predicted octanol–water partition coefficient (Wildman–Crippen LogP) is 4.65. The summed E-state index contributed by atoms with van der Waals surface area (Å²) in [4.78, 5) is 26.4. The van der Waals surface area contributed by atoms with Crippen LogP contribution in [0.2, 0.25) is 0 Å². The molecule has 0 unspecified atom stereocenters. The maximum Gasteiger partial charge on any atom is 0.263 e. The molecule has 3 aromatic rings. The van der Waals surface area contributed by atoms with Crippen molar-refractivity contribution in [1.29, 1.82) is 0 Å². The monoisotopic (exact) mass is 471 g/mol. The Balaban J connectivity index is 1.13. The number of aromatic nitrogens is 2. The zero-order chi connectivity index (χ0) is 23.9. The molecule has 0 radical (unpaired) electrons. The highest BCUT2D eigenvalue weighted by atomic mass is 16.5. The van der Waals surface area contributed by atoms with E-state index in [1.807, 2.05) is 30.3 Å². The number of carbonyl (C=O) groups excluding carboxylic acids is 1. The van der Waals surface area contributed by atoms with E-state index in [0.717, 1.165) is 64.2 Å². The van der Waals surface area contributed by atoms with Crippen molar-refractivity contribution in [3.8, 4) is 11.6 Å². The number of benzene rings is 2. The summed E-state index contributed by atoms with van der Waals surface area (Å²) in [5.74, 6) is 1.91. The number of piperidine rings is 2. The summed E-state index contributed by atoms with van der Waals surface area (Å²) in [6, 6.07) is 18.0. The summed E-state index contributed by atoms with van der Waals surface area (Å²) in [5.41, 5.74) is 1.97. The van der Waals surface area contributed by atoms with Gasteiger partial charge in [0.25, 0.3) is 11.8 Å². The van der Waals surface area contributed by atoms with Crippen molar-refractivity contribution in [1.82, 2.24) is 20.2 Å². The number of rotatable bonds is 7. The molecule has 2 fully saturated rings. The molecule has 1 aromatic heterocycles. The van der Waals surface area contributed by atoms with Crippen molar-refractivity contribution >= 4 is 11.7 Å². The van der Waals surface area contributed by atoms with Gasteiger partial charge in [-0.15, -0.1) is 0 Å². The number of likely N-dealkylation sites (tertiary alicyclic amines) is 1. The molecule has 0 saturated carbocycles. The molecule has 1 amide bonds. The molecule has 2 aromatic carbocycles.